The van der Waals surface area contributed by atoms with Crippen molar-refractivity contribution in [2.24, 2.45) is 12.0 Å². The number of aliphatic imine (C=N–C) groups is 1. The number of nitrogens with zero attached hydrogens (tertiary/aromatic N) is 4. The average molecular weight is 351 g/mol. The van der Waals surface area contributed by atoms with E-state index in [1.807, 2.05) is 29.3 Å². The normalized spacial score (nSPS) is 19.9. The molecule has 0 aliphatic carbocycles. The number of rotatable bonds is 2. The lowest BCUT2D eigenvalue weighted by Crippen LogP contribution is -2.44. The zero-order valence-corrected chi connectivity index (χ0v) is 14.1. The van der Waals surface area contributed by atoms with E-state index in [0.29, 0.717) is 17.5 Å². The number of hydrogen-bond donors (Lipinski definition) is 1. The van der Waals surface area contributed by atoms with Gasteiger partial charge in [-0.2, -0.15) is 0 Å². The highest BCUT2D eigenvalue weighted by atomic mass is 16.2. The number of amides is 2. The van der Waals surface area contributed by atoms with Crippen LogP contribution in [0.15, 0.2) is 52.7 Å². The van der Waals surface area contributed by atoms with Gasteiger partial charge in [0, 0.05) is 38.3 Å². The summed E-state index contributed by atoms with van der Waals surface area (Å²) in [4.78, 5) is 42.6. The van der Waals surface area contributed by atoms with Gasteiger partial charge in [0.25, 0.3) is 0 Å². The summed E-state index contributed by atoms with van der Waals surface area (Å²) >= 11 is 0. The fourth-order valence-corrected chi connectivity index (χ4v) is 3.41. The number of imidazole rings is 1. The Hall–Kier alpha value is -3.42. The van der Waals surface area contributed by atoms with Gasteiger partial charge < -0.3 is 4.90 Å². The molecule has 26 heavy (non-hydrogen) atoms. The number of anilines is 1. The van der Waals surface area contributed by atoms with Gasteiger partial charge in [-0.1, -0.05) is 6.07 Å². The van der Waals surface area contributed by atoms with Crippen molar-refractivity contribution >= 4 is 34.7 Å². The number of para-hydroxylation sites is 1. The van der Waals surface area contributed by atoms with Crippen molar-refractivity contribution in [2.45, 2.75) is 18.9 Å². The first kappa shape index (κ1) is 16.1. The van der Waals surface area contributed by atoms with Gasteiger partial charge in [-0.15, -0.1) is 0 Å². The maximum Gasteiger partial charge on any atom is 0.329 e. The Morgan fingerprint density at radius 3 is 2.85 bits per heavy atom. The summed E-state index contributed by atoms with van der Waals surface area (Å²) in [6, 6.07) is 4.85. The summed E-state index contributed by atoms with van der Waals surface area (Å²) in [7, 11) is 1.68. The number of aromatic nitrogens is 2. The van der Waals surface area contributed by atoms with Crippen molar-refractivity contribution in [3.63, 3.8) is 0 Å². The van der Waals surface area contributed by atoms with Crippen LogP contribution in [0.2, 0.25) is 0 Å². The number of carbonyl (C=O) groups excluding carboxylic acids is 2. The Kier molecular flexibility index (Phi) is 3.80. The molecule has 1 saturated heterocycles. The second-order valence-corrected chi connectivity index (χ2v) is 6.17. The topological polar surface area (TPSA) is 88.7 Å². The Morgan fingerprint density at radius 1 is 1.19 bits per heavy atom. The van der Waals surface area contributed by atoms with Crippen LogP contribution in [0.1, 0.15) is 18.9 Å². The van der Waals surface area contributed by atoms with E-state index in [2.05, 4.69) is 10.3 Å². The number of benzene rings is 1. The number of allylic oxidation sites excluding steroid dienone is 1. The molecule has 1 aromatic carbocycles. The Bertz CT molecular complexity index is 1040. The number of hydrogen-bond acceptors (Lipinski definition) is 5. The Balaban J connectivity index is 1.91. The van der Waals surface area contributed by atoms with E-state index in [-0.39, 0.29) is 18.0 Å². The number of carbonyl (C=O) groups is 2. The molecule has 1 fully saturated rings. The molecular weight excluding hydrogens is 334 g/mol. The molecule has 1 N–H and O–H groups in total. The maximum absolute atomic E-state index is 12.9. The molecule has 0 spiro atoms. The zero-order chi connectivity index (χ0) is 18.3. The second kappa shape index (κ2) is 6.14. The summed E-state index contributed by atoms with van der Waals surface area (Å²) in [5, 5.41) is 2.32. The summed E-state index contributed by atoms with van der Waals surface area (Å²) < 4.78 is 3.00. The smallest absolute Gasteiger partial charge is 0.320 e. The first-order valence-corrected chi connectivity index (χ1v) is 8.26. The Morgan fingerprint density at radius 2 is 2.04 bits per heavy atom. The second-order valence-electron chi connectivity index (χ2n) is 6.17. The van der Waals surface area contributed by atoms with E-state index in [9.17, 15) is 14.4 Å². The number of fused-ring (bicyclic) bond motifs is 1. The minimum Gasteiger partial charge on any atom is -0.320 e. The molecule has 3 heterocycles. The summed E-state index contributed by atoms with van der Waals surface area (Å²) in [5.74, 6) is -0.746. The van der Waals surface area contributed by atoms with Crippen LogP contribution in [-0.4, -0.2) is 27.2 Å². The summed E-state index contributed by atoms with van der Waals surface area (Å²) in [6.45, 7) is 0. The van der Waals surface area contributed by atoms with Crippen LogP contribution in [0.3, 0.4) is 0 Å². The Labute approximate surface area is 148 Å². The van der Waals surface area contributed by atoms with E-state index >= 15 is 0 Å². The van der Waals surface area contributed by atoms with Crippen LogP contribution in [0, 0.1) is 0 Å². The van der Waals surface area contributed by atoms with Crippen molar-refractivity contribution in [3.05, 3.63) is 53.4 Å². The number of nitrogens with one attached hydrogen (secondary N) is 1. The standard InChI is InChI=1S/C18H17N5O3/c1-21-16-12(22-10-3-8-19-9-11-22)4-2-5-13(16)23(18(21)26)14-6-7-15(24)20-17(14)25/h2-5,8-11,14H,6-7H2,1H3,(H,20,24,25). The summed E-state index contributed by atoms with van der Waals surface area (Å²) in [6.07, 6.45) is 9.30. The lowest BCUT2D eigenvalue weighted by Gasteiger charge is -2.22. The van der Waals surface area contributed by atoms with Crippen LogP contribution in [-0.2, 0) is 16.6 Å². The van der Waals surface area contributed by atoms with E-state index in [1.165, 1.54) is 9.13 Å². The van der Waals surface area contributed by atoms with Gasteiger partial charge in [-0.05, 0) is 24.6 Å². The lowest BCUT2D eigenvalue weighted by atomic mass is 10.1. The number of imide groups is 1. The molecule has 2 aliphatic rings. The van der Waals surface area contributed by atoms with Gasteiger partial charge in [0.1, 0.15) is 6.04 Å². The molecule has 1 atom stereocenters. The fraction of sp³-hybridized carbons (Fsp3) is 0.222. The third kappa shape index (κ3) is 2.46. The first-order valence-electron chi connectivity index (χ1n) is 8.26. The van der Waals surface area contributed by atoms with E-state index in [4.69, 9.17) is 0 Å². The minimum absolute atomic E-state index is 0.216. The van der Waals surface area contributed by atoms with Crippen LogP contribution >= 0.6 is 0 Å². The van der Waals surface area contributed by atoms with Crippen molar-refractivity contribution in [1.29, 1.82) is 0 Å². The third-order valence-corrected chi connectivity index (χ3v) is 4.61. The molecule has 0 radical (unpaired) electrons. The van der Waals surface area contributed by atoms with E-state index in [0.717, 1.165) is 5.69 Å². The van der Waals surface area contributed by atoms with Crippen LogP contribution in [0.4, 0.5) is 5.69 Å². The predicted molar refractivity (Wildman–Crippen MR) is 97.9 cm³/mol. The summed E-state index contributed by atoms with van der Waals surface area (Å²) in [5.41, 5.74) is 1.86. The molecule has 8 heteroatoms. The van der Waals surface area contributed by atoms with Crippen molar-refractivity contribution < 1.29 is 9.59 Å². The number of aryl methyl sites for hydroxylation is 1. The van der Waals surface area contributed by atoms with E-state index in [1.54, 1.807) is 31.7 Å². The van der Waals surface area contributed by atoms with Crippen molar-refractivity contribution in [1.82, 2.24) is 14.5 Å². The van der Waals surface area contributed by atoms with Gasteiger partial charge in [-0.3, -0.25) is 29.0 Å². The van der Waals surface area contributed by atoms with Gasteiger partial charge >= 0.3 is 5.69 Å². The van der Waals surface area contributed by atoms with Crippen molar-refractivity contribution in [2.75, 3.05) is 4.90 Å². The van der Waals surface area contributed by atoms with Crippen LogP contribution in [0.25, 0.3) is 11.0 Å². The molecule has 2 amide bonds. The van der Waals surface area contributed by atoms with Crippen LogP contribution in [0.5, 0.6) is 0 Å². The molecule has 0 saturated carbocycles. The highest BCUT2D eigenvalue weighted by Gasteiger charge is 2.31. The molecule has 2 aliphatic heterocycles. The average Bonchev–Trinajstić information content (AvgIpc) is 2.82. The highest BCUT2D eigenvalue weighted by Crippen LogP contribution is 2.30. The minimum atomic E-state index is -0.697. The third-order valence-electron chi connectivity index (χ3n) is 4.61. The van der Waals surface area contributed by atoms with Gasteiger partial charge in [-0.25, -0.2) is 4.79 Å². The SMILES string of the molecule is Cn1c(=O)n(C2CCC(=O)NC2=O)c2cccc(N3C=CC=NC=C3)c21. The molecule has 1 unspecified atom stereocenters. The molecule has 2 aromatic rings. The van der Waals surface area contributed by atoms with E-state index < -0.39 is 11.9 Å². The molecular formula is C18H17N5O3. The fourth-order valence-electron chi connectivity index (χ4n) is 3.41. The molecule has 8 nitrogen and oxygen atoms in total. The predicted octanol–water partition coefficient (Wildman–Crippen LogP) is 1.19. The van der Waals surface area contributed by atoms with Crippen LogP contribution < -0.4 is 15.9 Å². The zero-order valence-electron chi connectivity index (χ0n) is 14.1. The van der Waals surface area contributed by atoms with Crippen molar-refractivity contribution in [3.8, 4) is 0 Å². The van der Waals surface area contributed by atoms with Gasteiger partial charge in [0.05, 0.1) is 16.7 Å². The molecule has 1 aromatic heterocycles. The largest absolute Gasteiger partial charge is 0.329 e. The van der Waals surface area contributed by atoms with Gasteiger partial charge in [0.2, 0.25) is 11.8 Å². The molecule has 132 valence electrons. The monoisotopic (exact) mass is 351 g/mol. The maximum atomic E-state index is 12.9. The molecule has 0 bridgehead atoms. The van der Waals surface area contributed by atoms with Gasteiger partial charge in [0.15, 0.2) is 0 Å². The lowest BCUT2D eigenvalue weighted by molar-refractivity contribution is -0.135. The first-order chi connectivity index (χ1) is 12.6. The quantitative estimate of drug-likeness (QED) is 0.823. The highest BCUT2D eigenvalue weighted by molar-refractivity contribution is 6.00. The molecule has 4 rings (SSSR count). The number of piperidine rings is 1.